The molecule has 7 heteroatoms. The Bertz CT molecular complexity index is 426. The van der Waals surface area contributed by atoms with Crippen LogP contribution < -0.4 is 5.32 Å². The van der Waals surface area contributed by atoms with Crippen LogP contribution in [0.1, 0.15) is 19.8 Å². The summed E-state index contributed by atoms with van der Waals surface area (Å²) in [6.45, 7) is 3.35. The third-order valence-electron chi connectivity index (χ3n) is 3.97. The van der Waals surface area contributed by atoms with Crippen molar-refractivity contribution in [1.82, 2.24) is 10.2 Å². The minimum Gasteiger partial charge on any atom is -0.467 e. The molecule has 21 heavy (non-hydrogen) atoms. The lowest BCUT2D eigenvalue weighted by Crippen LogP contribution is -2.49. The van der Waals surface area contributed by atoms with Gasteiger partial charge in [-0.15, -0.1) is 0 Å². The number of carbonyl (C=O) groups is 3. The fourth-order valence-corrected chi connectivity index (χ4v) is 2.42. The summed E-state index contributed by atoms with van der Waals surface area (Å²) in [7, 11) is 1.29. The molecule has 0 bridgehead atoms. The Kier molecular flexibility index (Phi) is 5.17. The van der Waals surface area contributed by atoms with Gasteiger partial charge in [-0.25, -0.2) is 4.79 Å². The highest BCUT2D eigenvalue weighted by molar-refractivity contribution is 5.83. The number of amides is 2. The zero-order valence-corrected chi connectivity index (χ0v) is 12.5. The van der Waals surface area contributed by atoms with Gasteiger partial charge in [0.05, 0.1) is 20.3 Å². The van der Waals surface area contributed by atoms with Crippen molar-refractivity contribution in [2.24, 2.45) is 11.8 Å². The van der Waals surface area contributed by atoms with Crippen LogP contribution in [-0.4, -0.2) is 62.1 Å². The van der Waals surface area contributed by atoms with Crippen LogP contribution >= 0.6 is 0 Å². The summed E-state index contributed by atoms with van der Waals surface area (Å²) < 4.78 is 9.88. The van der Waals surface area contributed by atoms with Gasteiger partial charge in [0.25, 0.3) is 0 Å². The van der Waals surface area contributed by atoms with Crippen LogP contribution in [0, 0.1) is 11.8 Å². The van der Waals surface area contributed by atoms with E-state index in [-0.39, 0.29) is 30.7 Å². The largest absolute Gasteiger partial charge is 0.467 e. The molecular weight excluding hydrogens is 276 g/mol. The Labute approximate surface area is 123 Å². The average molecular weight is 298 g/mol. The monoisotopic (exact) mass is 298 g/mol. The van der Waals surface area contributed by atoms with Gasteiger partial charge in [0.15, 0.2) is 6.10 Å². The first kappa shape index (κ1) is 15.8. The Balaban J connectivity index is 1.70. The van der Waals surface area contributed by atoms with Gasteiger partial charge in [0, 0.05) is 25.4 Å². The van der Waals surface area contributed by atoms with Crippen molar-refractivity contribution in [3.05, 3.63) is 0 Å². The van der Waals surface area contributed by atoms with Gasteiger partial charge in [0.1, 0.15) is 0 Å². The van der Waals surface area contributed by atoms with Crippen LogP contribution in [0.15, 0.2) is 0 Å². The molecule has 1 aliphatic heterocycles. The zero-order valence-electron chi connectivity index (χ0n) is 12.5. The first-order chi connectivity index (χ1) is 10.0. The topological polar surface area (TPSA) is 84.9 Å². The number of rotatable bonds is 5. The smallest absolute Gasteiger partial charge is 0.336 e. The fourth-order valence-electron chi connectivity index (χ4n) is 2.42. The van der Waals surface area contributed by atoms with E-state index >= 15 is 0 Å². The van der Waals surface area contributed by atoms with Gasteiger partial charge in [0.2, 0.25) is 11.8 Å². The predicted octanol–water partition coefficient (Wildman–Crippen LogP) is -0.451. The number of nitrogens with one attached hydrogen (secondary N) is 1. The Morgan fingerprint density at radius 3 is 2.71 bits per heavy atom. The summed E-state index contributed by atoms with van der Waals surface area (Å²) in [5, 5.41) is 2.78. The summed E-state index contributed by atoms with van der Waals surface area (Å²) >= 11 is 0. The van der Waals surface area contributed by atoms with E-state index in [2.05, 4.69) is 10.1 Å². The molecule has 0 aromatic carbocycles. The lowest BCUT2D eigenvalue weighted by atomic mass is 10.2. The number of esters is 1. The maximum atomic E-state index is 12.1. The number of hydrogen-bond acceptors (Lipinski definition) is 5. The molecule has 3 atom stereocenters. The van der Waals surface area contributed by atoms with Crippen LogP contribution in [0.5, 0.6) is 0 Å². The molecule has 0 radical (unpaired) electrons. The van der Waals surface area contributed by atoms with Gasteiger partial charge in [-0.1, -0.05) is 6.92 Å². The molecule has 0 aromatic rings. The maximum absolute atomic E-state index is 12.1. The number of nitrogens with zero attached hydrogens (tertiary/aromatic N) is 1. The van der Waals surface area contributed by atoms with E-state index in [1.165, 1.54) is 7.11 Å². The molecule has 0 spiro atoms. The van der Waals surface area contributed by atoms with Crippen LogP contribution in [0.3, 0.4) is 0 Å². The van der Waals surface area contributed by atoms with Crippen LogP contribution in [0.4, 0.5) is 0 Å². The SMILES string of the molecule is COC(=O)C1CN(C(=O)CCNC(=O)C2CC2C)CCO1. The molecule has 7 nitrogen and oxygen atoms in total. The van der Waals surface area contributed by atoms with E-state index in [0.717, 1.165) is 6.42 Å². The summed E-state index contributed by atoms with van der Waals surface area (Å²) in [6, 6.07) is 0. The van der Waals surface area contributed by atoms with Gasteiger partial charge in [-0.3, -0.25) is 9.59 Å². The number of morpholine rings is 1. The fraction of sp³-hybridized carbons (Fsp3) is 0.786. The minimum absolute atomic E-state index is 0.0321. The highest BCUT2D eigenvalue weighted by Gasteiger charge is 2.38. The van der Waals surface area contributed by atoms with Gasteiger partial charge < -0.3 is 19.7 Å². The first-order valence-electron chi connectivity index (χ1n) is 7.28. The Hall–Kier alpha value is -1.63. The van der Waals surface area contributed by atoms with E-state index in [9.17, 15) is 14.4 Å². The molecule has 2 fully saturated rings. The molecule has 1 heterocycles. The van der Waals surface area contributed by atoms with Crippen LogP contribution in [0.2, 0.25) is 0 Å². The average Bonchev–Trinajstić information content (AvgIpc) is 3.23. The van der Waals surface area contributed by atoms with Crippen molar-refractivity contribution >= 4 is 17.8 Å². The number of methoxy groups -OCH3 is 1. The molecule has 2 aliphatic rings. The van der Waals surface area contributed by atoms with Crippen molar-refractivity contribution in [2.45, 2.75) is 25.9 Å². The van der Waals surface area contributed by atoms with Crippen molar-refractivity contribution in [3.63, 3.8) is 0 Å². The van der Waals surface area contributed by atoms with E-state index in [0.29, 0.717) is 25.6 Å². The normalized spacial score (nSPS) is 27.9. The molecular formula is C14H22N2O5. The summed E-state index contributed by atoms with van der Waals surface area (Å²) in [5.74, 6) is 0.0533. The molecule has 2 rings (SSSR count). The van der Waals surface area contributed by atoms with Crippen LogP contribution in [0.25, 0.3) is 0 Å². The van der Waals surface area contributed by atoms with Crippen molar-refractivity contribution in [2.75, 3.05) is 33.4 Å². The van der Waals surface area contributed by atoms with E-state index in [1.807, 2.05) is 6.92 Å². The Morgan fingerprint density at radius 2 is 2.10 bits per heavy atom. The quantitative estimate of drug-likeness (QED) is 0.695. The molecule has 118 valence electrons. The predicted molar refractivity (Wildman–Crippen MR) is 73.2 cm³/mol. The maximum Gasteiger partial charge on any atom is 0.336 e. The summed E-state index contributed by atoms with van der Waals surface area (Å²) in [5.41, 5.74) is 0. The van der Waals surface area contributed by atoms with Gasteiger partial charge >= 0.3 is 5.97 Å². The molecule has 3 unspecified atom stereocenters. The zero-order chi connectivity index (χ0) is 15.4. The van der Waals surface area contributed by atoms with Crippen molar-refractivity contribution in [1.29, 1.82) is 0 Å². The third-order valence-corrected chi connectivity index (χ3v) is 3.97. The molecule has 2 amide bonds. The molecule has 0 aromatic heterocycles. The molecule has 1 saturated carbocycles. The highest BCUT2D eigenvalue weighted by atomic mass is 16.6. The van der Waals surface area contributed by atoms with E-state index in [4.69, 9.17) is 4.74 Å². The van der Waals surface area contributed by atoms with Gasteiger partial charge in [-0.2, -0.15) is 0 Å². The second kappa shape index (κ2) is 6.89. The third kappa shape index (κ3) is 4.17. The Morgan fingerprint density at radius 1 is 1.38 bits per heavy atom. The van der Waals surface area contributed by atoms with Crippen molar-refractivity contribution in [3.8, 4) is 0 Å². The molecule has 1 aliphatic carbocycles. The highest BCUT2D eigenvalue weighted by Crippen LogP contribution is 2.37. The number of ether oxygens (including phenoxy) is 2. The van der Waals surface area contributed by atoms with Crippen LogP contribution in [-0.2, 0) is 23.9 Å². The second-order valence-corrected chi connectivity index (χ2v) is 5.58. The summed E-state index contributed by atoms with van der Waals surface area (Å²) in [4.78, 5) is 36.7. The summed E-state index contributed by atoms with van der Waals surface area (Å²) in [6.07, 6.45) is 0.458. The van der Waals surface area contributed by atoms with E-state index < -0.39 is 12.1 Å². The van der Waals surface area contributed by atoms with Crippen molar-refractivity contribution < 1.29 is 23.9 Å². The molecule has 1 saturated heterocycles. The first-order valence-corrected chi connectivity index (χ1v) is 7.28. The second-order valence-electron chi connectivity index (χ2n) is 5.58. The number of hydrogen-bond donors (Lipinski definition) is 1. The lowest BCUT2D eigenvalue weighted by Gasteiger charge is -2.31. The number of carbonyl (C=O) groups excluding carboxylic acids is 3. The van der Waals surface area contributed by atoms with E-state index in [1.54, 1.807) is 4.90 Å². The van der Waals surface area contributed by atoms with Gasteiger partial charge in [-0.05, 0) is 12.3 Å². The molecule has 1 N–H and O–H groups in total. The minimum atomic E-state index is -0.713. The lowest BCUT2D eigenvalue weighted by molar-refractivity contribution is -0.162. The standard InChI is InChI=1S/C14H22N2O5/c1-9-7-10(9)13(18)15-4-3-12(17)16-5-6-21-11(8-16)14(19)20-2/h9-11H,3-8H2,1-2H3,(H,15,18).